The van der Waals surface area contributed by atoms with E-state index >= 15 is 0 Å². The highest BCUT2D eigenvalue weighted by Crippen LogP contribution is 2.38. The topological polar surface area (TPSA) is 6.48 Å². The first kappa shape index (κ1) is 29.2. The fraction of sp³-hybridized carbons (Fsp3) is 0.419. The Morgan fingerprint density at radius 1 is 0.686 bits per heavy atom. The number of benzene rings is 3. The van der Waals surface area contributed by atoms with Gasteiger partial charge < -0.3 is 4.90 Å². The monoisotopic (exact) mass is 512 g/mol. The van der Waals surface area contributed by atoms with Gasteiger partial charge in [-0.2, -0.15) is 0 Å². The zero-order chi connectivity index (χ0) is 23.2. The van der Waals surface area contributed by atoms with Gasteiger partial charge >= 0.3 is 0 Å². The maximum Gasteiger partial charge on any atom is 0.0371 e. The number of nitrogens with zero attached hydrogens (tertiary/aromatic N) is 2. The molecule has 0 aromatic heterocycles. The lowest BCUT2D eigenvalue weighted by atomic mass is 9.76. The zero-order valence-corrected chi connectivity index (χ0v) is 23.3. The van der Waals surface area contributed by atoms with Crippen LogP contribution in [0.25, 0.3) is 0 Å². The Balaban J connectivity index is 0.00000216. The number of hydrogen-bond acceptors (Lipinski definition) is 2. The van der Waals surface area contributed by atoms with Crippen molar-refractivity contribution in [2.45, 2.75) is 65.1 Å². The molecule has 190 valence electrons. The predicted molar refractivity (Wildman–Crippen MR) is 156 cm³/mol. The predicted octanol–water partition coefficient (Wildman–Crippen LogP) is 8.20. The summed E-state index contributed by atoms with van der Waals surface area (Å²) < 4.78 is 0. The summed E-state index contributed by atoms with van der Waals surface area (Å²) in [4.78, 5) is 5.13. The van der Waals surface area contributed by atoms with Crippen molar-refractivity contribution >= 4 is 30.5 Å². The van der Waals surface area contributed by atoms with Crippen LogP contribution in [0.1, 0.15) is 63.1 Å². The van der Waals surface area contributed by atoms with Crippen LogP contribution in [0.3, 0.4) is 0 Å². The molecule has 1 saturated heterocycles. The van der Waals surface area contributed by atoms with Crippen molar-refractivity contribution in [3.05, 3.63) is 102 Å². The lowest BCUT2D eigenvalue weighted by molar-refractivity contribution is 0.168. The van der Waals surface area contributed by atoms with E-state index in [4.69, 9.17) is 0 Å². The molecule has 0 atom stereocenters. The molecular formula is C31H42Cl2N2. The van der Waals surface area contributed by atoms with Gasteiger partial charge in [0.1, 0.15) is 0 Å². The van der Waals surface area contributed by atoms with E-state index < -0.39 is 0 Å². The van der Waals surface area contributed by atoms with Gasteiger partial charge in [-0.25, -0.2) is 0 Å². The van der Waals surface area contributed by atoms with Crippen LogP contribution >= 0.6 is 24.8 Å². The van der Waals surface area contributed by atoms with Crippen molar-refractivity contribution in [2.24, 2.45) is 5.92 Å². The number of piperidine rings is 1. The molecule has 1 aliphatic rings. The van der Waals surface area contributed by atoms with E-state index in [9.17, 15) is 0 Å². The second kappa shape index (κ2) is 13.9. The molecule has 0 amide bonds. The highest BCUT2D eigenvalue weighted by atomic mass is 35.5. The first-order valence-corrected chi connectivity index (χ1v) is 12.7. The van der Waals surface area contributed by atoms with Crippen molar-refractivity contribution in [3.63, 3.8) is 0 Å². The third-order valence-electron chi connectivity index (χ3n) is 7.17. The normalized spacial score (nSPS) is 14.6. The molecule has 0 saturated carbocycles. The number of halogens is 2. The first-order chi connectivity index (χ1) is 16.0. The molecule has 0 bridgehead atoms. The molecule has 1 aliphatic heterocycles. The molecule has 0 aliphatic carbocycles. The van der Waals surface area contributed by atoms with E-state index in [0.29, 0.717) is 23.9 Å². The summed E-state index contributed by atoms with van der Waals surface area (Å²) >= 11 is 0. The summed E-state index contributed by atoms with van der Waals surface area (Å²) in [5, 5.41) is 0. The first-order valence-electron chi connectivity index (χ1n) is 12.7. The smallest absolute Gasteiger partial charge is 0.0371 e. The number of rotatable bonds is 8. The van der Waals surface area contributed by atoms with Gasteiger partial charge in [-0.3, -0.25) is 4.90 Å². The Bertz CT molecular complexity index is 918. The number of hydrogen-bond donors (Lipinski definition) is 0. The minimum Gasteiger partial charge on any atom is -0.367 e. The lowest BCUT2D eigenvalue weighted by Crippen LogP contribution is -2.37. The van der Waals surface area contributed by atoms with Gasteiger partial charge in [-0.1, -0.05) is 72.8 Å². The molecule has 4 heteroatoms. The van der Waals surface area contributed by atoms with Crippen LogP contribution in [-0.2, 0) is 6.54 Å². The van der Waals surface area contributed by atoms with Gasteiger partial charge in [0, 0.05) is 30.2 Å². The van der Waals surface area contributed by atoms with Crippen LogP contribution in [0.2, 0.25) is 0 Å². The lowest BCUT2D eigenvalue weighted by Gasteiger charge is -2.37. The molecule has 1 fully saturated rings. The minimum atomic E-state index is 0. The molecule has 0 N–H and O–H groups in total. The zero-order valence-electron chi connectivity index (χ0n) is 21.6. The summed E-state index contributed by atoms with van der Waals surface area (Å²) in [6, 6.07) is 32.5. The van der Waals surface area contributed by atoms with Crippen LogP contribution in [0.5, 0.6) is 0 Å². The minimum absolute atomic E-state index is 0. The maximum atomic E-state index is 2.64. The van der Waals surface area contributed by atoms with Gasteiger partial charge in [-0.15, -0.1) is 24.8 Å². The Hall–Kier alpha value is -2.00. The molecule has 0 unspecified atom stereocenters. The van der Waals surface area contributed by atoms with E-state index in [0.717, 1.165) is 6.54 Å². The molecule has 3 aromatic carbocycles. The quantitative estimate of drug-likeness (QED) is 0.300. The number of likely N-dealkylation sites (tertiary alicyclic amines) is 1. The molecular weight excluding hydrogens is 471 g/mol. The third-order valence-corrected chi connectivity index (χ3v) is 7.17. The summed E-state index contributed by atoms with van der Waals surface area (Å²) in [5.74, 6) is 1.19. The number of anilines is 1. The van der Waals surface area contributed by atoms with Gasteiger partial charge in [0.15, 0.2) is 0 Å². The molecule has 0 radical (unpaired) electrons. The Morgan fingerprint density at radius 2 is 1.14 bits per heavy atom. The Labute approximate surface area is 225 Å². The summed E-state index contributed by atoms with van der Waals surface area (Å²) in [5.41, 5.74) is 5.67. The van der Waals surface area contributed by atoms with Crippen molar-refractivity contribution in [1.82, 2.24) is 4.90 Å². The van der Waals surface area contributed by atoms with E-state index in [2.05, 4.69) is 122 Å². The largest absolute Gasteiger partial charge is 0.367 e. The Morgan fingerprint density at radius 3 is 1.57 bits per heavy atom. The summed E-state index contributed by atoms with van der Waals surface area (Å²) in [7, 11) is 0. The molecule has 3 aromatic rings. The summed E-state index contributed by atoms with van der Waals surface area (Å²) in [6.45, 7) is 12.5. The van der Waals surface area contributed by atoms with Crippen LogP contribution in [0.15, 0.2) is 84.9 Å². The fourth-order valence-corrected chi connectivity index (χ4v) is 5.73. The molecule has 35 heavy (non-hydrogen) atoms. The molecule has 2 nitrogen and oxygen atoms in total. The van der Waals surface area contributed by atoms with Gasteiger partial charge in [0.2, 0.25) is 0 Å². The average molecular weight is 514 g/mol. The van der Waals surface area contributed by atoms with Crippen molar-refractivity contribution in [1.29, 1.82) is 0 Å². The molecule has 0 spiro atoms. The summed E-state index contributed by atoms with van der Waals surface area (Å²) in [6.07, 6.45) is 2.50. The van der Waals surface area contributed by atoms with Crippen LogP contribution in [-0.4, -0.2) is 30.1 Å². The SMILES string of the molecule is CC(C)N(c1ccc(CN2CCC(C(c3ccccc3)c3ccccc3)CC2)cc1)C(C)C.Cl.Cl. The standard InChI is InChI=1S/C31H40N2.2ClH/c1-24(2)33(25(3)4)30-17-15-26(16-18-30)23-32-21-19-29(20-22-32)31(27-11-7-5-8-12-27)28-13-9-6-10-14-28;;/h5-18,24-25,29,31H,19-23H2,1-4H3;2*1H. The van der Waals surface area contributed by atoms with Gasteiger partial charge in [0.25, 0.3) is 0 Å². The van der Waals surface area contributed by atoms with Crippen LogP contribution in [0.4, 0.5) is 5.69 Å². The highest BCUT2D eigenvalue weighted by Gasteiger charge is 2.28. The Kier molecular flexibility index (Phi) is 11.6. The molecule has 1 heterocycles. The second-order valence-electron chi connectivity index (χ2n) is 10.2. The molecule has 4 rings (SSSR count). The van der Waals surface area contributed by atoms with Gasteiger partial charge in [-0.05, 0) is 88.4 Å². The third kappa shape index (κ3) is 7.49. The van der Waals surface area contributed by atoms with Crippen molar-refractivity contribution < 1.29 is 0 Å². The average Bonchev–Trinajstić information content (AvgIpc) is 2.83. The maximum absolute atomic E-state index is 2.64. The van der Waals surface area contributed by atoms with Crippen molar-refractivity contribution in [3.8, 4) is 0 Å². The second-order valence-corrected chi connectivity index (χ2v) is 10.2. The van der Waals surface area contributed by atoms with Crippen LogP contribution < -0.4 is 4.90 Å². The van der Waals surface area contributed by atoms with E-state index in [1.165, 1.54) is 48.3 Å². The van der Waals surface area contributed by atoms with Crippen LogP contribution in [0, 0.1) is 5.92 Å². The van der Waals surface area contributed by atoms with E-state index in [1.54, 1.807) is 0 Å². The van der Waals surface area contributed by atoms with Gasteiger partial charge in [0.05, 0.1) is 0 Å². The van der Waals surface area contributed by atoms with E-state index in [-0.39, 0.29) is 24.8 Å². The highest BCUT2D eigenvalue weighted by molar-refractivity contribution is 5.85. The van der Waals surface area contributed by atoms with Crippen molar-refractivity contribution in [2.75, 3.05) is 18.0 Å². The fourth-order valence-electron chi connectivity index (χ4n) is 5.73. The van der Waals surface area contributed by atoms with E-state index in [1.807, 2.05) is 0 Å².